The summed E-state index contributed by atoms with van der Waals surface area (Å²) in [5.41, 5.74) is 5.78. The summed E-state index contributed by atoms with van der Waals surface area (Å²) in [7, 11) is -0.0627. The molecule has 0 aromatic carbocycles. The van der Waals surface area contributed by atoms with Gasteiger partial charge in [0, 0.05) is 12.1 Å². The summed E-state index contributed by atoms with van der Waals surface area (Å²) in [5, 5.41) is 0. The molecule has 0 aliphatic heterocycles. The molecule has 0 aliphatic carbocycles. The summed E-state index contributed by atoms with van der Waals surface area (Å²) in [6.45, 7) is 5.70. The van der Waals surface area contributed by atoms with E-state index in [4.69, 9.17) is 10.3 Å². The van der Waals surface area contributed by atoms with Crippen LogP contribution in [0.4, 0.5) is 0 Å². The molecule has 6 nitrogen and oxygen atoms in total. The van der Waals surface area contributed by atoms with Gasteiger partial charge in [-0.2, -0.15) is 8.42 Å². The highest BCUT2D eigenvalue weighted by atomic mass is 32.3. The molecule has 2 unspecified atom stereocenters. The van der Waals surface area contributed by atoms with Crippen LogP contribution < -0.4 is 5.73 Å². The van der Waals surface area contributed by atoms with E-state index in [1.807, 2.05) is 0 Å². The first-order valence-electron chi connectivity index (χ1n) is 5.19. The van der Waals surface area contributed by atoms with Gasteiger partial charge in [-0.3, -0.25) is 4.55 Å². The Morgan fingerprint density at radius 3 is 1.88 bits per heavy atom. The molecule has 0 bridgehead atoms. The van der Waals surface area contributed by atoms with Crippen LogP contribution in [-0.4, -0.2) is 50.7 Å². The van der Waals surface area contributed by atoms with Crippen LogP contribution in [0.25, 0.3) is 0 Å². The van der Waals surface area contributed by atoms with E-state index < -0.39 is 10.4 Å². The second kappa shape index (κ2) is 8.89. The van der Waals surface area contributed by atoms with Crippen LogP contribution in [0.2, 0.25) is 0 Å². The Morgan fingerprint density at radius 2 is 1.81 bits per heavy atom. The molecule has 0 aromatic rings. The Kier molecular flexibility index (Phi) is 10.1. The largest absolute Gasteiger partial charge is 0.397 e. The van der Waals surface area contributed by atoms with Gasteiger partial charge in [0.05, 0.1) is 6.61 Å². The topological polar surface area (TPSA) is 92.9 Å². The molecule has 0 aliphatic rings. The zero-order valence-corrected chi connectivity index (χ0v) is 11.5. The van der Waals surface area contributed by atoms with Gasteiger partial charge in [0.15, 0.2) is 0 Å². The standard InChI is InChI=1S/C7H18N2.C2H6O4S/c1-5-7(8)6(2)9(3)4;1-2-6-7(3,4)5/h6-7H,5,8H2,1-4H3;2H2,1H3,(H,3,4,5). The molecule has 0 saturated carbocycles. The summed E-state index contributed by atoms with van der Waals surface area (Å²) in [5.74, 6) is 0. The first kappa shape index (κ1) is 18.2. The second-order valence-corrected chi connectivity index (χ2v) is 4.70. The van der Waals surface area contributed by atoms with Gasteiger partial charge in [-0.1, -0.05) is 6.92 Å². The predicted molar refractivity (Wildman–Crippen MR) is 64.6 cm³/mol. The summed E-state index contributed by atoms with van der Waals surface area (Å²) >= 11 is 0. The van der Waals surface area contributed by atoms with Crippen molar-refractivity contribution >= 4 is 10.4 Å². The Bertz CT molecular complexity index is 254. The number of likely N-dealkylation sites (N-methyl/N-ethyl adjacent to an activating group) is 1. The number of nitrogens with two attached hydrogens (primary N) is 1. The van der Waals surface area contributed by atoms with E-state index in [1.54, 1.807) is 0 Å². The molecule has 7 heteroatoms. The van der Waals surface area contributed by atoms with Crippen molar-refractivity contribution in [2.75, 3.05) is 20.7 Å². The van der Waals surface area contributed by atoms with Crippen LogP contribution in [-0.2, 0) is 14.6 Å². The number of hydrogen-bond acceptors (Lipinski definition) is 5. The molecule has 100 valence electrons. The summed E-state index contributed by atoms with van der Waals surface area (Å²) in [6, 6.07) is 0.815. The van der Waals surface area contributed by atoms with Crippen molar-refractivity contribution in [2.24, 2.45) is 5.73 Å². The second-order valence-electron chi connectivity index (χ2n) is 3.61. The molecule has 0 spiro atoms. The third-order valence-corrected chi connectivity index (χ3v) is 2.71. The molecule has 0 rings (SSSR count). The van der Waals surface area contributed by atoms with E-state index in [9.17, 15) is 8.42 Å². The Balaban J connectivity index is 0. The van der Waals surface area contributed by atoms with Crippen molar-refractivity contribution in [2.45, 2.75) is 39.3 Å². The van der Waals surface area contributed by atoms with Gasteiger partial charge in [0.25, 0.3) is 0 Å². The van der Waals surface area contributed by atoms with E-state index in [2.05, 4.69) is 37.0 Å². The fourth-order valence-electron chi connectivity index (χ4n) is 0.873. The maximum Gasteiger partial charge on any atom is 0.397 e. The van der Waals surface area contributed by atoms with Crippen LogP contribution in [0.3, 0.4) is 0 Å². The van der Waals surface area contributed by atoms with E-state index in [0.717, 1.165) is 6.42 Å². The molecule has 0 amide bonds. The molecular weight excluding hydrogens is 232 g/mol. The average Bonchev–Trinajstić information content (AvgIpc) is 2.14. The molecular formula is C9H24N2O4S. The first-order valence-corrected chi connectivity index (χ1v) is 6.56. The highest BCUT2D eigenvalue weighted by molar-refractivity contribution is 7.80. The minimum atomic E-state index is -4.17. The molecule has 0 aromatic heterocycles. The first-order chi connectivity index (χ1) is 7.15. The SMILES string of the molecule is CCC(N)C(C)N(C)C.CCOS(=O)(=O)O. The summed E-state index contributed by atoms with van der Waals surface area (Å²) in [6.07, 6.45) is 1.05. The maximum absolute atomic E-state index is 9.56. The van der Waals surface area contributed by atoms with E-state index in [-0.39, 0.29) is 6.61 Å². The highest BCUT2D eigenvalue weighted by Gasteiger charge is 2.11. The van der Waals surface area contributed by atoms with Gasteiger partial charge in [0.1, 0.15) is 0 Å². The quantitative estimate of drug-likeness (QED) is 0.696. The predicted octanol–water partition coefficient (Wildman–Crippen LogP) is 0.500. The third-order valence-electron chi connectivity index (χ3n) is 2.17. The van der Waals surface area contributed by atoms with Crippen molar-refractivity contribution < 1.29 is 17.2 Å². The Morgan fingerprint density at radius 1 is 1.38 bits per heavy atom. The van der Waals surface area contributed by atoms with Crippen molar-refractivity contribution in [3.63, 3.8) is 0 Å². The average molecular weight is 256 g/mol. The zero-order chi connectivity index (χ0) is 13.4. The minimum absolute atomic E-state index is 0.0289. The fourth-order valence-corrected chi connectivity index (χ4v) is 1.17. The molecule has 2 atom stereocenters. The molecule has 0 radical (unpaired) electrons. The Hall–Kier alpha value is -0.210. The lowest BCUT2D eigenvalue weighted by Crippen LogP contribution is -2.41. The van der Waals surface area contributed by atoms with Crippen LogP contribution in [0, 0.1) is 0 Å². The monoisotopic (exact) mass is 256 g/mol. The molecule has 0 fully saturated rings. The van der Waals surface area contributed by atoms with E-state index >= 15 is 0 Å². The van der Waals surface area contributed by atoms with Gasteiger partial charge < -0.3 is 10.6 Å². The van der Waals surface area contributed by atoms with Crippen molar-refractivity contribution in [1.82, 2.24) is 4.90 Å². The number of hydrogen-bond donors (Lipinski definition) is 2. The Labute approximate surface area is 98.7 Å². The molecule has 0 heterocycles. The molecule has 3 N–H and O–H groups in total. The normalized spacial score (nSPS) is 15.2. The van der Waals surface area contributed by atoms with Crippen LogP contribution in [0.15, 0.2) is 0 Å². The van der Waals surface area contributed by atoms with E-state index in [1.165, 1.54) is 6.92 Å². The summed E-state index contributed by atoms with van der Waals surface area (Å²) in [4.78, 5) is 2.15. The van der Waals surface area contributed by atoms with E-state index in [0.29, 0.717) is 12.1 Å². The smallest absolute Gasteiger partial charge is 0.326 e. The van der Waals surface area contributed by atoms with Crippen molar-refractivity contribution in [1.29, 1.82) is 0 Å². The molecule has 0 saturated heterocycles. The van der Waals surface area contributed by atoms with Gasteiger partial charge in [-0.15, -0.1) is 0 Å². The highest BCUT2D eigenvalue weighted by Crippen LogP contribution is 1.99. The lowest BCUT2D eigenvalue weighted by atomic mass is 10.1. The van der Waals surface area contributed by atoms with Crippen LogP contribution in [0.1, 0.15) is 27.2 Å². The van der Waals surface area contributed by atoms with Crippen LogP contribution in [0.5, 0.6) is 0 Å². The molecule has 16 heavy (non-hydrogen) atoms. The maximum atomic E-state index is 9.56. The van der Waals surface area contributed by atoms with Gasteiger partial charge in [-0.05, 0) is 34.4 Å². The van der Waals surface area contributed by atoms with Gasteiger partial charge in [-0.25, -0.2) is 4.18 Å². The van der Waals surface area contributed by atoms with Gasteiger partial charge >= 0.3 is 10.4 Å². The fraction of sp³-hybridized carbons (Fsp3) is 1.00. The number of nitrogens with zero attached hydrogens (tertiary/aromatic N) is 1. The lowest BCUT2D eigenvalue weighted by molar-refractivity contribution is 0.268. The third kappa shape index (κ3) is 11.9. The van der Waals surface area contributed by atoms with Crippen LogP contribution >= 0.6 is 0 Å². The summed E-state index contributed by atoms with van der Waals surface area (Å²) < 4.78 is 30.7. The van der Waals surface area contributed by atoms with Gasteiger partial charge in [0.2, 0.25) is 0 Å². The minimum Gasteiger partial charge on any atom is -0.326 e. The number of rotatable bonds is 5. The van der Waals surface area contributed by atoms with Crippen molar-refractivity contribution in [3.05, 3.63) is 0 Å². The lowest BCUT2D eigenvalue weighted by Gasteiger charge is -2.24. The zero-order valence-electron chi connectivity index (χ0n) is 10.7. The van der Waals surface area contributed by atoms with Crippen molar-refractivity contribution in [3.8, 4) is 0 Å².